The Hall–Kier alpha value is -1.62. The molecule has 0 saturated carbocycles. The van der Waals surface area contributed by atoms with Gasteiger partial charge in [0.15, 0.2) is 0 Å². The molecule has 0 aromatic carbocycles. The molecule has 3 N–H and O–H groups in total. The van der Waals surface area contributed by atoms with Crippen LogP contribution >= 0.6 is 0 Å². The maximum Gasteiger partial charge on any atom is 0.239 e. The van der Waals surface area contributed by atoms with Crippen molar-refractivity contribution in [3.63, 3.8) is 0 Å². The highest BCUT2D eigenvalue weighted by Gasteiger charge is 2.21. The highest BCUT2D eigenvalue weighted by atomic mass is 16.2. The van der Waals surface area contributed by atoms with Crippen LogP contribution in [0.5, 0.6) is 0 Å². The van der Waals surface area contributed by atoms with Gasteiger partial charge in [0.25, 0.3) is 0 Å². The molecule has 0 radical (unpaired) electrons. The number of hydrogen-bond donors (Lipinski definition) is 2. The number of anilines is 1. The summed E-state index contributed by atoms with van der Waals surface area (Å²) in [4.78, 5) is 18.7. The number of aromatic nitrogens is 1. The lowest BCUT2D eigenvalue weighted by atomic mass is 9.94. The predicted octanol–water partition coefficient (Wildman–Crippen LogP) is 0.745. The molecule has 1 amide bonds. The molecule has 1 aromatic heterocycles. The van der Waals surface area contributed by atoms with Crippen LogP contribution in [0.4, 0.5) is 5.82 Å². The molecule has 5 heteroatoms. The van der Waals surface area contributed by atoms with Gasteiger partial charge in [0, 0.05) is 30.9 Å². The van der Waals surface area contributed by atoms with Crippen molar-refractivity contribution >= 4 is 11.7 Å². The number of pyridine rings is 1. The number of carbonyl (C=O) groups is 1. The number of nitrogens with zero attached hydrogens (tertiary/aromatic N) is 2. The topological polar surface area (TPSA) is 71.2 Å². The lowest BCUT2D eigenvalue weighted by Crippen LogP contribution is -2.34. The van der Waals surface area contributed by atoms with Gasteiger partial charge in [-0.05, 0) is 43.7 Å². The molecule has 1 aliphatic heterocycles. The van der Waals surface area contributed by atoms with Crippen molar-refractivity contribution in [3.05, 3.63) is 22.9 Å². The first-order valence-corrected chi connectivity index (χ1v) is 7.51. The summed E-state index contributed by atoms with van der Waals surface area (Å²) in [7, 11) is 0. The molecule has 0 atom stereocenters. The smallest absolute Gasteiger partial charge is 0.239 e. The molecule has 5 nitrogen and oxygen atoms in total. The van der Waals surface area contributed by atoms with Gasteiger partial charge >= 0.3 is 0 Å². The Kier molecular flexibility index (Phi) is 3.87. The van der Waals surface area contributed by atoms with Crippen LogP contribution in [0.2, 0.25) is 0 Å². The summed E-state index contributed by atoms with van der Waals surface area (Å²) in [5.41, 5.74) is 9.52. The minimum absolute atomic E-state index is 0.0741. The van der Waals surface area contributed by atoms with Gasteiger partial charge in [-0.1, -0.05) is 0 Å². The zero-order chi connectivity index (χ0) is 13.9. The maximum absolute atomic E-state index is 11.7. The summed E-state index contributed by atoms with van der Waals surface area (Å²) in [6, 6.07) is 2.21. The summed E-state index contributed by atoms with van der Waals surface area (Å²) < 4.78 is 0. The van der Waals surface area contributed by atoms with Gasteiger partial charge in [-0.3, -0.25) is 4.79 Å². The lowest BCUT2D eigenvalue weighted by Gasteiger charge is -2.26. The standard InChI is InChI=1S/C15H22N4O/c16-9-12-8-11-4-1-2-5-13(11)18-15(12)19-7-3-6-17-14(20)10-19/h8H,1-7,9-10,16H2,(H,17,20). The van der Waals surface area contributed by atoms with Crippen LogP contribution in [0.25, 0.3) is 0 Å². The molecule has 108 valence electrons. The molecule has 1 saturated heterocycles. The number of rotatable bonds is 2. The van der Waals surface area contributed by atoms with Gasteiger partial charge in [0.2, 0.25) is 5.91 Å². The second-order valence-corrected chi connectivity index (χ2v) is 5.61. The largest absolute Gasteiger partial charge is 0.354 e. The second-order valence-electron chi connectivity index (χ2n) is 5.61. The van der Waals surface area contributed by atoms with Gasteiger partial charge in [0.1, 0.15) is 5.82 Å². The first-order chi connectivity index (χ1) is 9.78. The fourth-order valence-corrected chi connectivity index (χ4v) is 3.08. The Morgan fingerprint density at radius 2 is 2.15 bits per heavy atom. The molecule has 1 aliphatic carbocycles. The quantitative estimate of drug-likeness (QED) is 0.834. The third kappa shape index (κ3) is 2.63. The molecule has 0 bridgehead atoms. The van der Waals surface area contributed by atoms with Crippen molar-refractivity contribution in [3.8, 4) is 0 Å². The average Bonchev–Trinajstić information content (AvgIpc) is 2.70. The minimum atomic E-state index is 0.0741. The van der Waals surface area contributed by atoms with Crippen molar-refractivity contribution in [2.24, 2.45) is 5.73 Å². The molecule has 20 heavy (non-hydrogen) atoms. The van der Waals surface area contributed by atoms with Crippen LogP contribution in [0.3, 0.4) is 0 Å². The van der Waals surface area contributed by atoms with Gasteiger partial charge in [0.05, 0.1) is 6.54 Å². The SMILES string of the molecule is NCc1cc2c(nc1N1CCCNC(=O)C1)CCCC2. The summed E-state index contributed by atoms with van der Waals surface area (Å²) >= 11 is 0. The Balaban J connectivity index is 1.96. The van der Waals surface area contributed by atoms with E-state index in [-0.39, 0.29) is 5.91 Å². The van der Waals surface area contributed by atoms with Gasteiger partial charge in [-0.2, -0.15) is 0 Å². The van der Waals surface area contributed by atoms with Gasteiger partial charge in [-0.25, -0.2) is 4.98 Å². The second kappa shape index (κ2) is 5.79. The van der Waals surface area contributed by atoms with Crippen molar-refractivity contribution in [2.45, 2.75) is 38.6 Å². The summed E-state index contributed by atoms with van der Waals surface area (Å²) in [5.74, 6) is 0.996. The summed E-state index contributed by atoms with van der Waals surface area (Å²) in [6.45, 7) is 2.47. The Morgan fingerprint density at radius 3 is 3.00 bits per heavy atom. The van der Waals surface area contributed by atoms with Crippen LogP contribution in [-0.2, 0) is 24.2 Å². The Labute approximate surface area is 119 Å². The third-order valence-electron chi connectivity index (χ3n) is 4.14. The van der Waals surface area contributed by atoms with Crippen LogP contribution in [0, 0.1) is 0 Å². The molecule has 3 rings (SSSR count). The van der Waals surface area contributed by atoms with Gasteiger partial charge in [-0.15, -0.1) is 0 Å². The monoisotopic (exact) mass is 274 g/mol. The van der Waals surface area contributed by atoms with E-state index in [4.69, 9.17) is 10.7 Å². The molecular formula is C15H22N4O. The number of aryl methyl sites for hydroxylation is 2. The van der Waals surface area contributed by atoms with Crippen LogP contribution < -0.4 is 16.0 Å². The number of nitrogens with one attached hydrogen (secondary N) is 1. The van der Waals surface area contributed by atoms with E-state index in [9.17, 15) is 4.79 Å². The van der Waals surface area contributed by atoms with E-state index in [2.05, 4.69) is 16.3 Å². The van der Waals surface area contributed by atoms with E-state index in [0.29, 0.717) is 13.1 Å². The minimum Gasteiger partial charge on any atom is -0.354 e. The van der Waals surface area contributed by atoms with E-state index in [1.165, 1.54) is 24.1 Å². The Morgan fingerprint density at radius 1 is 1.30 bits per heavy atom. The number of amides is 1. The predicted molar refractivity (Wildman–Crippen MR) is 78.6 cm³/mol. The summed E-state index contributed by atoms with van der Waals surface area (Å²) in [5, 5.41) is 2.90. The van der Waals surface area contributed by atoms with Crippen molar-refractivity contribution in [1.29, 1.82) is 0 Å². The van der Waals surface area contributed by atoms with E-state index < -0.39 is 0 Å². The van der Waals surface area contributed by atoms with Crippen LogP contribution in [0.1, 0.15) is 36.1 Å². The van der Waals surface area contributed by atoms with E-state index in [0.717, 1.165) is 43.7 Å². The highest BCUT2D eigenvalue weighted by Crippen LogP contribution is 2.27. The first-order valence-electron chi connectivity index (χ1n) is 7.51. The van der Waals surface area contributed by atoms with E-state index in [1.807, 2.05) is 0 Å². The van der Waals surface area contributed by atoms with Crippen molar-refractivity contribution < 1.29 is 4.79 Å². The van der Waals surface area contributed by atoms with Crippen molar-refractivity contribution in [2.75, 3.05) is 24.5 Å². The normalized spacial score (nSPS) is 19.2. The number of hydrogen-bond acceptors (Lipinski definition) is 4. The van der Waals surface area contributed by atoms with Crippen molar-refractivity contribution in [1.82, 2.24) is 10.3 Å². The average molecular weight is 274 g/mol. The molecule has 2 aliphatic rings. The molecule has 1 aromatic rings. The highest BCUT2D eigenvalue weighted by molar-refractivity contribution is 5.81. The first kappa shape index (κ1) is 13.4. The van der Waals surface area contributed by atoms with Crippen LogP contribution in [0.15, 0.2) is 6.07 Å². The molecule has 1 fully saturated rings. The number of nitrogens with two attached hydrogens (primary N) is 1. The maximum atomic E-state index is 11.7. The molecule has 0 spiro atoms. The molecule has 2 heterocycles. The molecular weight excluding hydrogens is 252 g/mol. The zero-order valence-electron chi connectivity index (χ0n) is 11.8. The Bertz CT molecular complexity index is 515. The fraction of sp³-hybridized carbons (Fsp3) is 0.600. The van der Waals surface area contributed by atoms with Crippen LogP contribution in [-0.4, -0.2) is 30.5 Å². The fourth-order valence-electron chi connectivity index (χ4n) is 3.08. The van der Waals surface area contributed by atoms with E-state index >= 15 is 0 Å². The summed E-state index contributed by atoms with van der Waals surface area (Å²) in [6.07, 6.45) is 5.56. The van der Waals surface area contributed by atoms with E-state index in [1.54, 1.807) is 0 Å². The third-order valence-corrected chi connectivity index (χ3v) is 4.14. The number of fused-ring (bicyclic) bond motifs is 1. The number of carbonyl (C=O) groups excluding carboxylic acids is 1. The lowest BCUT2D eigenvalue weighted by molar-refractivity contribution is -0.119. The zero-order valence-corrected chi connectivity index (χ0v) is 11.8. The molecule has 0 unspecified atom stereocenters. The van der Waals surface area contributed by atoms with Gasteiger partial charge < -0.3 is 16.0 Å².